The van der Waals surface area contributed by atoms with Crippen LogP contribution in [0.5, 0.6) is 5.75 Å². The van der Waals surface area contributed by atoms with Gasteiger partial charge in [0.15, 0.2) is 11.4 Å². The van der Waals surface area contributed by atoms with Gasteiger partial charge in [0.05, 0.1) is 17.2 Å². The summed E-state index contributed by atoms with van der Waals surface area (Å²) in [5.41, 5.74) is -0.231. The first-order valence-electron chi connectivity index (χ1n) is 5.75. The quantitative estimate of drug-likeness (QED) is 0.865. The SMILES string of the molecule is CCOC(=O)c1c(O)c2cc(Cl)c(Cl)c(=O)c-2cn1C. The van der Waals surface area contributed by atoms with Gasteiger partial charge < -0.3 is 14.4 Å². The highest BCUT2D eigenvalue weighted by Gasteiger charge is 2.24. The zero-order chi connectivity index (χ0) is 15.0. The lowest BCUT2D eigenvalue weighted by atomic mass is 10.0. The van der Waals surface area contributed by atoms with Crippen molar-refractivity contribution in [2.24, 2.45) is 7.05 Å². The molecule has 1 heterocycles. The van der Waals surface area contributed by atoms with Crippen LogP contribution in [0.3, 0.4) is 0 Å². The molecule has 0 fully saturated rings. The van der Waals surface area contributed by atoms with Crippen molar-refractivity contribution in [1.29, 1.82) is 0 Å². The Morgan fingerprint density at radius 2 is 2.05 bits per heavy atom. The van der Waals surface area contributed by atoms with Gasteiger partial charge in [-0.25, -0.2) is 4.79 Å². The summed E-state index contributed by atoms with van der Waals surface area (Å²) in [5, 5.41) is 10.1. The monoisotopic (exact) mass is 315 g/mol. The fourth-order valence-corrected chi connectivity index (χ4v) is 2.29. The Kier molecular flexibility index (Phi) is 3.92. The van der Waals surface area contributed by atoms with E-state index in [4.69, 9.17) is 27.9 Å². The maximum atomic E-state index is 12.0. The highest BCUT2D eigenvalue weighted by Crippen LogP contribution is 2.36. The van der Waals surface area contributed by atoms with Crippen molar-refractivity contribution in [3.63, 3.8) is 0 Å². The molecular formula is C13H11Cl2NO4. The predicted molar refractivity (Wildman–Crippen MR) is 75.9 cm³/mol. The maximum Gasteiger partial charge on any atom is 0.358 e. The van der Waals surface area contributed by atoms with Gasteiger partial charge in [0.2, 0.25) is 5.43 Å². The molecule has 0 saturated heterocycles. The standard InChI is InChI=1S/C13H11Cl2NO4/c1-3-20-13(19)10-12(18)6-4-8(14)9(15)11(17)7(6)5-16(10)2/h4-5,18H,3H2,1-2H3. The van der Waals surface area contributed by atoms with Gasteiger partial charge in [-0.05, 0) is 13.0 Å². The van der Waals surface area contributed by atoms with Crippen LogP contribution in [-0.4, -0.2) is 22.2 Å². The van der Waals surface area contributed by atoms with E-state index in [1.54, 1.807) is 6.92 Å². The summed E-state index contributed by atoms with van der Waals surface area (Å²) in [6.07, 6.45) is 1.41. The van der Waals surface area contributed by atoms with Crippen LogP contribution in [0.2, 0.25) is 10.0 Å². The van der Waals surface area contributed by atoms with Gasteiger partial charge in [-0.15, -0.1) is 0 Å². The van der Waals surface area contributed by atoms with Gasteiger partial charge in [0.1, 0.15) is 5.02 Å². The van der Waals surface area contributed by atoms with Gasteiger partial charge in [-0.2, -0.15) is 0 Å². The van der Waals surface area contributed by atoms with Gasteiger partial charge >= 0.3 is 5.97 Å². The van der Waals surface area contributed by atoms with Crippen molar-refractivity contribution in [3.05, 3.63) is 38.2 Å². The van der Waals surface area contributed by atoms with Crippen molar-refractivity contribution in [1.82, 2.24) is 4.57 Å². The van der Waals surface area contributed by atoms with Crippen LogP contribution >= 0.6 is 23.2 Å². The number of nitrogens with zero attached hydrogens (tertiary/aromatic N) is 1. The minimum absolute atomic E-state index is 0.0168. The molecule has 7 heteroatoms. The van der Waals surface area contributed by atoms with Gasteiger partial charge in [-0.3, -0.25) is 4.79 Å². The fourth-order valence-electron chi connectivity index (χ4n) is 1.93. The molecular weight excluding hydrogens is 305 g/mol. The summed E-state index contributed by atoms with van der Waals surface area (Å²) in [7, 11) is 1.52. The third-order valence-corrected chi connectivity index (χ3v) is 3.61. The molecule has 20 heavy (non-hydrogen) atoms. The first kappa shape index (κ1) is 14.7. The smallest absolute Gasteiger partial charge is 0.358 e. The van der Waals surface area contributed by atoms with Crippen molar-refractivity contribution in [3.8, 4) is 16.9 Å². The van der Waals surface area contributed by atoms with Crippen molar-refractivity contribution in [2.45, 2.75) is 6.92 Å². The highest BCUT2D eigenvalue weighted by molar-refractivity contribution is 6.42. The molecule has 1 N–H and O–H groups in total. The third kappa shape index (κ3) is 2.23. The molecule has 0 bridgehead atoms. The van der Waals surface area contributed by atoms with Gasteiger partial charge in [0, 0.05) is 18.8 Å². The molecule has 0 amide bonds. The highest BCUT2D eigenvalue weighted by atomic mass is 35.5. The molecule has 106 valence electrons. The number of ether oxygens (including phenoxy) is 1. The molecule has 0 atom stereocenters. The van der Waals surface area contributed by atoms with Crippen LogP contribution < -0.4 is 5.43 Å². The molecule has 5 nitrogen and oxygen atoms in total. The van der Waals surface area contributed by atoms with Crippen LogP contribution in [-0.2, 0) is 11.8 Å². The summed E-state index contributed by atoms with van der Waals surface area (Å²) in [6, 6.07) is 1.35. The van der Waals surface area contributed by atoms with Crippen LogP contribution in [0.15, 0.2) is 17.1 Å². The van der Waals surface area contributed by atoms with E-state index in [2.05, 4.69) is 0 Å². The predicted octanol–water partition coefficient (Wildman–Crippen LogP) is 2.68. The summed E-state index contributed by atoms with van der Waals surface area (Å²) in [5.74, 6) is -1.05. The average molecular weight is 316 g/mol. The minimum atomic E-state index is -0.687. The lowest BCUT2D eigenvalue weighted by Gasteiger charge is -2.16. The molecule has 2 aliphatic rings. The number of carbonyl (C=O) groups is 1. The molecule has 1 aliphatic carbocycles. The molecule has 0 spiro atoms. The van der Waals surface area contributed by atoms with Crippen molar-refractivity contribution < 1.29 is 14.6 Å². The molecule has 0 radical (unpaired) electrons. The molecule has 0 aromatic heterocycles. The molecule has 0 aromatic carbocycles. The zero-order valence-electron chi connectivity index (χ0n) is 10.7. The topological polar surface area (TPSA) is 68.5 Å². The largest absolute Gasteiger partial charge is 0.505 e. The second kappa shape index (κ2) is 5.34. The molecule has 1 aliphatic heterocycles. The van der Waals surface area contributed by atoms with E-state index >= 15 is 0 Å². The lowest BCUT2D eigenvalue weighted by molar-refractivity contribution is 0.0510. The summed E-state index contributed by atoms with van der Waals surface area (Å²) >= 11 is 11.6. The van der Waals surface area contributed by atoms with Crippen LogP contribution in [0, 0.1) is 0 Å². The van der Waals surface area contributed by atoms with Crippen LogP contribution in [0.4, 0.5) is 0 Å². The number of benzene rings is 1. The van der Waals surface area contributed by atoms with E-state index in [1.807, 2.05) is 0 Å². The summed E-state index contributed by atoms with van der Waals surface area (Å²) in [6.45, 7) is 1.83. The van der Waals surface area contributed by atoms with E-state index in [9.17, 15) is 14.7 Å². The Balaban J connectivity index is 2.83. The Labute approximate surface area is 124 Å². The Morgan fingerprint density at radius 3 is 2.65 bits per heavy atom. The number of pyridine rings is 1. The number of carbonyl (C=O) groups excluding carboxylic acids is 1. The van der Waals surface area contributed by atoms with Gasteiger partial charge in [0.25, 0.3) is 0 Å². The van der Waals surface area contributed by atoms with Crippen molar-refractivity contribution >= 4 is 29.2 Å². The first-order chi connectivity index (χ1) is 9.38. The number of rotatable bonds is 2. The summed E-state index contributed by atoms with van der Waals surface area (Å²) < 4.78 is 6.19. The number of hydrogen-bond acceptors (Lipinski definition) is 4. The van der Waals surface area contributed by atoms with E-state index < -0.39 is 11.4 Å². The fraction of sp³-hybridized carbons (Fsp3) is 0.231. The second-order valence-electron chi connectivity index (χ2n) is 4.12. The molecule has 0 aromatic rings. The number of aromatic hydroxyl groups is 1. The number of halogens is 2. The van der Waals surface area contributed by atoms with Crippen LogP contribution in [0.25, 0.3) is 11.1 Å². The Hall–Kier alpha value is -1.72. The first-order valence-corrected chi connectivity index (χ1v) is 6.51. The maximum absolute atomic E-state index is 12.0. The van der Waals surface area contributed by atoms with E-state index in [0.29, 0.717) is 0 Å². The second-order valence-corrected chi connectivity index (χ2v) is 4.91. The summed E-state index contributed by atoms with van der Waals surface area (Å²) in [4.78, 5) is 23.8. The normalized spacial score (nSPS) is 10.8. The van der Waals surface area contributed by atoms with E-state index in [1.165, 1.54) is 23.9 Å². The molecule has 0 saturated carbocycles. The zero-order valence-corrected chi connectivity index (χ0v) is 12.2. The number of fused-ring (bicyclic) bond motifs is 1. The van der Waals surface area contributed by atoms with E-state index in [-0.39, 0.29) is 39.2 Å². The van der Waals surface area contributed by atoms with Crippen LogP contribution in [0.1, 0.15) is 17.4 Å². The number of aromatic nitrogens is 1. The van der Waals surface area contributed by atoms with E-state index in [0.717, 1.165) is 0 Å². The number of esters is 1. The van der Waals surface area contributed by atoms with Crippen molar-refractivity contribution in [2.75, 3.05) is 6.61 Å². The minimum Gasteiger partial charge on any atom is -0.505 e. The third-order valence-electron chi connectivity index (χ3n) is 2.84. The number of aryl methyl sites for hydroxylation is 1. The Morgan fingerprint density at radius 1 is 1.40 bits per heavy atom. The number of hydrogen-bond donors (Lipinski definition) is 1. The molecule has 2 rings (SSSR count). The lowest BCUT2D eigenvalue weighted by Crippen LogP contribution is -2.17. The van der Waals surface area contributed by atoms with Gasteiger partial charge in [-0.1, -0.05) is 23.2 Å². The Bertz CT molecular complexity index is 724. The average Bonchev–Trinajstić information content (AvgIpc) is 2.38. The molecule has 0 unspecified atom stereocenters.